The van der Waals surface area contributed by atoms with Gasteiger partial charge in [0.25, 0.3) is 0 Å². The van der Waals surface area contributed by atoms with Gasteiger partial charge in [0, 0.05) is 33.2 Å². The fourth-order valence-corrected chi connectivity index (χ4v) is 3.74. The normalized spacial score (nSPS) is 16.9. The third-order valence-corrected chi connectivity index (χ3v) is 5.41. The van der Waals surface area contributed by atoms with E-state index < -0.39 is 6.61 Å². The molecular formula is C24H36N2O2. The summed E-state index contributed by atoms with van der Waals surface area (Å²) in [7, 11) is 3.19. The molecule has 0 bridgehead atoms. The molecule has 0 aromatic heterocycles. The Labute approximate surface area is 170 Å². The maximum absolute atomic E-state index is 10.2. The van der Waals surface area contributed by atoms with Crippen LogP contribution in [0.2, 0.25) is 0 Å². The molecule has 4 nitrogen and oxygen atoms in total. The van der Waals surface area contributed by atoms with Gasteiger partial charge in [0.1, 0.15) is 6.61 Å². The Balaban J connectivity index is 0.000000345. The molecular weight excluding hydrogens is 348 g/mol. The minimum absolute atomic E-state index is 0.264. The summed E-state index contributed by atoms with van der Waals surface area (Å²) < 4.78 is 0. The number of benzene rings is 1. The first kappa shape index (κ1) is 22.4. The lowest BCUT2D eigenvalue weighted by Gasteiger charge is -2.35. The lowest BCUT2D eigenvalue weighted by atomic mass is 9.93. The van der Waals surface area contributed by atoms with Crippen LogP contribution in [-0.2, 0) is 11.3 Å². The number of hydrogen-bond donors (Lipinski definition) is 1. The van der Waals surface area contributed by atoms with Gasteiger partial charge in [-0.2, -0.15) is 0 Å². The topological polar surface area (TPSA) is 43.8 Å². The Kier molecular flexibility index (Phi) is 10.0. The van der Waals surface area contributed by atoms with Crippen molar-refractivity contribution in [1.29, 1.82) is 0 Å². The molecule has 154 valence electrons. The van der Waals surface area contributed by atoms with Gasteiger partial charge >= 0.3 is 0 Å². The predicted molar refractivity (Wildman–Crippen MR) is 116 cm³/mol. The Morgan fingerprint density at radius 2 is 1.75 bits per heavy atom. The van der Waals surface area contributed by atoms with Gasteiger partial charge in [0.2, 0.25) is 5.91 Å². The zero-order valence-corrected chi connectivity index (χ0v) is 17.5. The average Bonchev–Trinajstić information content (AvgIpc) is 2.75. The summed E-state index contributed by atoms with van der Waals surface area (Å²) in [6.45, 7) is 1.82. The molecule has 0 saturated heterocycles. The predicted octanol–water partition coefficient (Wildman–Crippen LogP) is 4.16. The van der Waals surface area contributed by atoms with Crippen molar-refractivity contribution >= 4 is 5.91 Å². The van der Waals surface area contributed by atoms with Crippen LogP contribution in [0.15, 0.2) is 54.1 Å². The number of hydrogen-bond acceptors (Lipinski definition) is 3. The van der Waals surface area contributed by atoms with E-state index in [1.54, 1.807) is 14.1 Å². The van der Waals surface area contributed by atoms with Crippen molar-refractivity contribution in [1.82, 2.24) is 9.80 Å². The molecule has 1 aromatic carbocycles. The molecule has 28 heavy (non-hydrogen) atoms. The van der Waals surface area contributed by atoms with Crippen molar-refractivity contribution < 1.29 is 9.90 Å². The first-order chi connectivity index (χ1) is 13.6. The molecule has 0 atom stereocenters. The van der Waals surface area contributed by atoms with Crippen molar-refractivity contribution in [2.75, 3.05) is 27.2 Å². The molecule has 1 fully saturated rings. The summed E-state index contributed by atoms with van der Waals surface area (Å²) in [5.41, 5.74) is 2.96. The Bertz CT molecular complexity index is 631. The molecule has 1 N–H and O–H groups in total. The SMILES string of the molecule is C1=CC(CN(Cc2ccccc2)C2CCCCC2)=CCC1.CN(C)C(=O)CO. The van der Waals surface area contributed by atoms with Gasteiger partial charge in [0.15, 0.2) is 0 Å². The second-order valence-corrected chi connectivity index (χ2v) is 7.89. The van der Waals surface area contributed by atoms with Crippen LogP contribution in [0.1, 0.15) is 50.5 Å². The highest BCUT2D eigenvalue weighted by molar-refractivity contribution is 5.76. The molecule has 1 saturated carbocycles. The molecule has 0 unspecified atom stereocenters. The highest BCUT2D eigenvalue weighted by Crippen LogP contribution is 2.25. The summed E-state index contributed by atoms with van der Waals surface area (Å²) >= 11 is 0. The van der Waals surface area contributed by atoms with Gasteiger partial charge in [0.05, 0.1) is 0 Å². The molecule has 0 aliphatic heterocycles. The van der Waals surface area contributed by atoms with Gasteiger partial charge in [-0.15, -0.1) is 0 Å². The van der Waals surface area contributed by atoms with Gasteiger partial charge in [-0.3, -0.25) is 9.69 Å². The fourth-order valence-electron chi connectivity index (χ4n) is 3.74. The molecule has 4 heteroatoms. The molecule has 3 rings (SSSR count). The number of aliphatic hydroxyl groups excluding tert-OH is 1. The van der Waals surface area contributed by atoms with E-state index in [1.807, 2.05) is 0 Å². The van der Waals surface area contributed by atoms with Crippen LogP contribution >= 0.6 is 0 Å². The summed E-state index contributed by atoms with van der Waals surface area (Å²) in [6.07, 6.45) is 16.5. The van der Waals surface area contributed by atoms with Crippen LogP contribution in [0.4, 0.5) is 0 Å². The number of aliphatic hydroxyl groups is 1. The van der Waals surface area contributed by atoms with Crippen LogP contribution in [0, 0.1) is 0 Å². The molecule has 2 aliphatic rings. The van der Waals surface area contributed by atoms with Crippen molar-refractivity contribution in [3.8, 4) is 0 Å². The maximum atomic E-state index is 10.2. The van der Waals surface area contributed by atoms with Crippen molar-refractivity contribution in [3.63, 3.8) is 0 Å². The number of carbonyl (C=O) groups excluding carboxylic acids is 1. The van der Waals surface area contributed by atoms with E-state index >= 15 is 0 Å². The largest absolute Gasteiger partial charge is 0.387 e. The number of allylic oxidation sites excluding steroid dienone is 2. The second kappa shape index (κ2) is 12.5. The fraction of sp³-hybridized carbons (Fsp3) is 0.542. The Morgan fingerprint density at radius 1 is 1.04 bits per heavy atom. The van der Waals surface area contributed by atoms with Crippen molar-refractivity contribution in [2.24, 2.45) is 0 Å². The standard InChI is InChI=1S/C20H27N.C4H9NO2/c1-4-10-18(11-5-1)16-21(20-14-8-3-9-15-20)17-19-12-6-2-7-13-19;1-5(2)4(7)3-6/h1,4-6,10-13,20H,2-3,7-9,14-17H2;6H,3H2,1-2H3. The highest BCUT2D eigenvalue weighted by atomic mass is 16.3. The lowest BCUT2D eigenvalue weighted by molar-refractivity contribution is -0.131. The number of likely N-dealkylation sites (N-methyl/N-ethyl adjacent to an activating group) is 1. The first-order valence-electron chi connectivity index (χ1n) is 10.5. The molecule has 0 heterocycles. The third-order valence-electron chi connectivity index (χ3n) is 5.41. The van der Waals surface area contributed by atoms with E-state index in [0.717, 1.165) is 19.1 Å². The van der Waals surface area contributed by atoms with Crippen LogP contribution in [0.3, 0.4) is 0 Å². The minimum atomic E-state index is -0.396. The first-order valence-corrected chi connectivity index (χ1v) is 10.5. The molecule has 1 amide bonds. The van der Waals surface area contributed by atoms with E-state index in [-0.39, 0.29) is 5.91 Å². The molecule has 2 aliphatic carbocycles. The van der Waals surface area contributed by atoms with Gasteiger partial charge < -0.3 is 10.0 Å². The number of amides is 1. The number of carbonyl (C=O) groups is 1. The van der Waals surface area contributed by atoms with Crippen LogP contribution in [0.25, 0.3) is 0 Å². The minimum Gasteiger partial charge on any atom is -0.387 e. The lowest BCUT2D eigenvalue weighted by Crippen LogP contribution is -2.37. The third kappa shape index (κ3) is 7.99. The average molecular weight is 385 g/mol. The van der Waals surface area contributed by atoms with Crippen molar-refractivity contribution in [3.05, 3.63) is 59.7 Å². The number of rotatable bonds is 6. The zero-order valence-electron chi connectivity index (χ0n) is 17.5. The summed E-state index contributed by atoms with van der Waals surface area (Å²) in [5, 5.41) is 8.11. The van der Waals surface area contributed by atoms with E-state index in [1.165, 1.54) is 61.0 Å². The van der Waals surface area contributed by atoms with Crippen molar-refractivity contribution in [2.45, 2.75) is 57.5 Å². The number of nitrogens with zero attached hydrogens (tertiary/aromatic N) is 2. The quantitative estimate of drug-likeness (QED) is 0.801. The van der Waals surface area contributed by atoms with E-state index in [0.29, 0.717) is 0 Å². The second-order valence-electron chi connectivity index (χ2n) is 7.89. The van der Waals surface area contributed by atoms with Gasteiger partial charge in [-0.1, -0.05) is 67.8 Å². The van der Waals surface area contributed by atoms with E-state index in [9.17, 15) is 4.79 Å². The van der Waals surface area contributed by atoms with Crippen LogP contribution < -0.4 is 0 Å². The summed E-state index contributed by atoms with van der Waals surface area (Å²) in [5.74, 6) is -0.264. The molecule has 0 radical (unpaired) electrons. The van der Waals surface area contributed by atoms with Gasteiger partial charge in [-0.25, -0.2) is 0 Å². The monoisotopic (exact) mass is 384 g/mol. The maximum Gasteiger partial charge on any atom is 0.247 e. The smallest absolute Gasteiger partial charge is 0.247 e. The van der Waals surface area contributed by atoms with E-state index in [4.69, 9.17) is 5.11 Å². The summed E-state index contributed by atoms with van der Waals surface area (Å²) in [6, 6.07) is 11.7. The van der Waals surface area contributed by atoms with Gasteiger partial charge in [-0.05, 0) is 36.8 Å². The Morgan fingerprint density at radius 3 is 2.29 bits per heavy atom. The Hall–Kier alpha value is -1.91. The molecule has 0 spiro atoms. The summed E-state index contributed by atoms with van der Waals surface area (Å²) in [4.78, 5) is 14.2. The van der Waals surface area contributed by atoms with Crippen LogP contribution in [0.5, 0.6) is 0 Å². The molecule has 1 aromatic rings. The van der Waals surface area contributed by atoms with Crippen LogP contribution in [-0.4, -0.2) is 54.1 Å². The highest BCUT2D eigenvalue weighted by Gasteiger charge is 2.21. The van der Waals surface area contributed by atoms with E-state index in [2.05, 4.69) is 53.5 Å². The zero-order chi connectivity index (χ0) is 20.2.